The van der Waals surface area contributed by atoms with Crippen LogP contribution in [0.5, 0.6) is 0 Å². The van der Waals surface area contributed by atoms with E-state index in [-0.39, 0.29) is 15.6 Å². The molecular formula is C13H11Cl2F3NO3-. The lowest BCUT2D eigenvalue weighted by molar-refractivity contribution is -0.306. The number of rotatable bonds is 6. The van der Waals surface area contributed by atoms with Gasteiger partial charge in [-0.05, 0) is 31.0 Å². The fourth-order valence-corrected chi connectivity index (χ4v) is 1.93. The monoisotopic (exact) mass is 356 g/mol. The summed E-state index contributed by atoms with van der Waals surface area (Å²) < 4.78 is 38.2. The fourth-order valence-electron chi connectivity index (χ4n) is 1.63. The lowest BCUT2D eigenvalue weighted by Gasteiger charge is -2.21. The van der Waals surface area contributed by atoms with Crippen molar-refractivity contribution in [3.8, 4) is 0 Å². The minimum Gasteiger partial charge on any atom is -0.550 e. The van der Waals surface area contributed by atoms with Crippen molar-refractivity contribution in [2.45, 2.75) is 19.0 Å². The number of hydrogen-bond acceptors (Lipinski definition) is 3. The molecule has 1 amide bonds. The Morgan fingerprint density at radius 3 is 2.36 bits per heavy atom. The molecule has 0 aromatic heterocycles. The molecule has 22 heavy (non-hydrogen) atoms. The van der Waals surface area contributed by atoms with E-state index in [9.17, 15) is 27.9 Å². The quantitative estimate of drug-likeness (QED) is 0.850. The molecule has 0 saturated heterocycles. The summed E-state index contributed by atoms with van der Waals surface area (Å²) in [5, 5.41) is 12.7. The highest BCUT2D eigenvalue weighted by Crippen LogP contribution is 2.29. The molecule has 1 atom stereocenters. The van der Waals surface area contributed by atoms with Gasteiger partial charge < -0.3 is 15.2 Å². The number of alkyl halides is 3. The second-order valence-electron chi connectivity index (χ2n) is 4.49. The molecule has 1 aromatic rings. The zero-order valence-corrected chi connectivity index (χ0v) is 12.6. The van der Waals surface area contributed by atoms with Crippen LogP contribution in [0.2, 0.25) is 10.0 Å². The van der Waals surface area contributed by atoms with Crippen LogP contribution >= 0.6 is 23.2 Å². The minimum absolute atomic E-state index is 0.0511. The number of carboxylic acids is 1. The Balaban J connectivity index is 2.69. The molecule has 0 bridgehead atoms. The van der Waals surface area contributed by atoms with Crippen LogP contribution in [0.3, 0.4) is 0 Å². The van der Waals surface area contributed by atoms with Gasteiger partial charge in [-0.15, -0.1) is 0 Å². The first kappa shape index (κ1) is 18.6. The highest BCUT2D eigenvalue weighted by Gasteiger charge is 2.39. The van der Waals surface area contributed by atoms with Gasteiger partial charge in [0.25, 0.3) is 5.91 Å². The highest BCUT2D eigenvalue weighted by atomic mass is 35.5. The molecule has 4 nitrogen and oxygen atoms in total. The summed E-state index contributed by atoms with van der Waals surface area (Å²) in [4.78, 5) is 22.0. The van der Waals surface area contributed by atoms with Crippen LogP contribution in [0.1, 0.15) is 23.2 Å². The average Bonchev–Trinajstić information content (AvgIpc) is 2.39. The maximum Gasteiger partial charge on any atom is 0.393 e. The third kappa shape index (κ3) is 5.73. The van der Waals surface area contributed by atoms with Gasteiger partial charge in [-0.1, -0.05) is 23.2 Å². The summed E-state index contributed by atoms with van der Waals surface area (Å²) in [6, 6.07) is 3.88. The first-order chi connectivity index (χ1) is 10.1. The Bertz CT molecular complexity index is 564. The van der Waals surface area contributed by atoms with Gasteiger partial charge in [-0.3, -0.25) is 4.79 Å². The number of benzene rings is 1. The van der Waals surface area contributed by atoms with Gasteiger partial charge in [0.15, 0.2) is 0 Å². The van der Waals surface area contributed by atoms with Crippen LogP contribution in [0, 0.1) is 5.92 Å². The number of halogens is 5. The van der Waals surface area contributed by atoms with Gasteiger partial charge in [0.2, 0.25) is 0 Å². The third-order valence-corrected chi connectivity index (χ3v) is 3.59. The predicted molar refractivity (Wildman–Crippen MR) is 72.6 cm³/mol. The van der Waals surface area contributed by atoms with Gasteiger partial charge in [-0.2, -0.15) is 13.2 Å². The van der Waals surface area contributed by atoms with E-state index in [0.29, 0.717) is 0 Å². The number of carbonyl (C=O) groups excluding carboxylic acids is 2. The maximum atomic E-state index is 12.7. The molecule has 1 aromatic carbocycles. The smallest absolute Gasteiger partial charge is 0.393 e. The van der Waals surface area contributed by atoms with E-state index in [4.69, 9.17) is 23.2 Å². The Kier molecular flexibility index (Phi) is 6.49. The molecule has 0 fully saturated rings. The molecule has 0 radical (unpaired) electrons. The summed E-state index contributed by atoms with van der Waals surface area (Å²) >= 11 is 11.4. The number of hydrogen-bond donors (Lipinski definition) is 1. The average molecular weight is 357 g/mol. The van der Waals surface area contributed by atoms with Crippen molar-refractivity contribution >= 4 is 35.1 Å². The van der Waals surface area contributed by atoms with E-state index in [1.807, 2.05) is 0 Å². The molecule has 122 valence electrons. The normalized spacial score (nSPS) is 12.8. The highest BCUT2D eigenvalue weighted by molar-refractivity contribution is 6.42. The van der Waals surface area contributed by atoms with Crippen molar-refractivity contribution in [1.29, 1.82) is 0 Å². The zero-order chi connectivity index (χ0) is 16.9. The van der Waals surface area contributed by atoms with Crippen molar-refractivity contribution in [1.82, 2.24) is 5.32 Å². The first-order valence-electron chi connectivity index (χ1n) is 6.11. The summed E-state index contributed by atoms with van der Waals surface area (Å²) in [6.07, 6.45) is -6.04. The Labute approximate surface area is 134 Å². The SMILES string of the molecule is O=C([O-])CC[C@@H](CNC(=O)c1ccc(Cl)c(Cl)c1)C(F)(F)F. The third-order valence-electron chi connectivity index (χ3n) is 2.85. The maximum absolute atomic E-state index is 12.7. The van der Waals surface area contributed by atoms with E-state index in [0.717, 1.165) is 0 Å². The van der Waals surface area contributed by atoms with Crippen molar-refractivity contribution in [2.75, 3.05) is 6.54 Å². The van der Waals surface area contributed by atoms with E-state index in [2.05, 4.69) is 5.32 Å². The predicted octanol–water partition coefficient (Wildman–Crippen LogP) is 2.43. The number of aliphatic carboxylic acids is 1. The fraction of sp³-hybridized carbons (Fsp3) is 0.385. The molecule has 1 rings (SSSR count). The molecule has 0 heterocycles. The van der Waals surface area contributed by atoms with Crippen LogP contribution in [-0.4, -0.2) is 24.6 Å². The van der Waals surface area contributed by atoms with Crippen molar-refractivity contribution in [2.24, 2.45) is 5.92 Å². The van der Waals surface area contributed by atoms with E-state index < -0.39 is 43.4 Å². The molecular weight excluding hydrogens is 346 g/mol. The summed E-state index contributed by atoms with van der Waals surface area (Å²) in [6.45, 7) is -0.740. The van der Waals surface area contributed by atoms with Gasteiger partial charge in [0.05, 0.1) is 16.0 Å². The second-order valence-corrected chi connectivity index (χ2v) is 5.30. The first-order valence-corrected chi connectivity index (χ1v) is 6.86. The molecule has 0 aliphatic carbocycles. The van der Waals surface area contributed by atoms with E-state index >= 15 is 0 Å². The molecule has 0 unspecified atom stereocenters. The number of nitrogens with one attached hydrogen (secondary N) is 1. The topological polar surface area (TPSA) is 69.2 Å². The van der Waals surface area contributed by atoms with E-state index in [1.165, 1.54) is 18.2 Å². The van der Waals surface area contributed by atoms with Gasteiger partial charge in [-0.25, -0.2) is 0 Å². The summed E-state index contributed by atoms with van der Waals surface area (Å²) in [5.41, 5.74) is 0.0511. The van der Waals surface area contributed by atoms with Gasteiger partial charge in [0, 0.05) is 18.1 Å². The van der Waals surface area contributed by atoms with Crippen LogP contribution in [0.15, 0.2) is 18.2 Å². The summed E-state index contributed by atoms with van der Waals surface area (Å²) in [5.74, 6) is -4.32. The summed E-state index contributed by atoms with van der Waals surface area (Å²) in [7, 11) is 0. The molecule has 0 saturated carbocycles. The van der Waals surface area contributed by atoms with Crippen LogP contribution in [-0.2, 0) is 4.79 Å². The largest absolute Gasteiger partial charge is 0.550 e. The van der Waals surface area contributed by atoms with E-state index in [1.54, 1.807) is 0 Å². The number of amides is 1. The molecule has 1 N–H and O–H groups in total. The van der Waals surface area contributed by atoms with Crippen LogP contribution in [0.4, 0.5) is 13.2 Å². The Morgan fingerprint density at radius 1 is 1.23 bits per heavy atom. The molecule has 0 spiro atoms. The molecule has 0 aliphatic heterocycles. The van der Waals surface area contributed by atoms with Crippen molar-refractivity contribution < 1.29 is 27.9 Å². The Hall–Kier alpha value is -1.47. The molecule has 9 heteroatoms. The van der Waals surface area contributed by atoms with Crippen LogP contribution in [0.25, 0.3) is 0 Å². The molecule has 0 aliphatic rings. The van der Waals surface area contributed by atoms with Gasteiger partial charge >= 0.3 is 6.18 Å². The standard InChI is InChI=1S/C13H12Cl2F3NO3/c14-9-3-1-7(5-10(9)15)12(22)19-6-8(13(16,17)18)2-4-11(20)21/h1,3,5,8H,2,4,6H2,(H,19,22)(H,20,21)/p-1/t8-/m0/s1. The lowest BCUT2D eigenvalue weighted by Crippen LogP contribution is -2.37. The van der Waals surface area contributed by atoms with Crippen LogP contribution < -0.4 is 10.4 Å². The van der Waals surface area contributed by atoms with Gasteiger partial charge in [0.1, 0.15) is 0 Å². The van der Waals surface area contributed by atoms with Crippen molar-refractivity contribution in [3.05, 3.63) is 33.8 Å². The number of carbonyl (C=O) groups is 2. The Morgan fingerprint density at radius 2 is 1.86 bits per heavy atom. The second kappa shape index (κ2) is 7.69. The zero-order valence-electron chi connectivity index (χ0n) is 11.0. The lowest BCUT2D eigenvalue weighted by atomic mass is 10.0. The van der Waals surface area contributed by atoms with Crippen molar-refractivity contribution in [3.63, 3.8) is 0 Å². The number of carboxylic acid groups (broad SMARTS) is 1. The minimum atomic E-state index is -4.62.